The highest BCUT2D eigenvalue weighted by Gasteiger charge is 2.28. The quantitative estimate of drug-likeness (QED) is 0.447. The Morgan fingerprint density at radius 3 is 2.79 bits per heavy atom. The van der Waals surface area contributed by atoms with Crippen LogP contribution in [0.4, 0.5) is 11.4 Å². The van der Waals surface area contributed by atoms with Crippen molar-refractivity contribution in [2.24, 2.45) is 0 Å². The number of rotatable bonds is 6. The Morgan fingerprint density at radius 1 is 1.32 bits per heavy atom. The molecule has 2 aromatic rings. The van der Waals surface area contributed by atoms with E-state index in [4.69, 9.17) is 15.2 Å². The fraction of sp³-hybridized carbons (Fsp3) is 0.350. The van der Waals surface area contributed by atoms with Gasteiger partial charge in [0, 0.05) is 11.8 Å². The van der Waals surface area contributed by atoms with E-state index in [1.54, 1.807) is 13.0 Å². The molecular formula is C20H23N3O5. The molecule has 3 N–H and O–H groups in total. The summed E-state index contributed by atoms with van der Waals surface area (Å²) in [4.78, 5) is 23.8. The van der Waals surface area contributed by atoms with Crippen LogP contribution in [0.5, 0.6) is 11.5 Å². The molecule has 8 heteroatoms. The number of fused-ring (bicyclic) bond motifs is 1. The van der Waals surface area contributed by atoms with Crippen molar-refractivity contribution in [3.8, 4) is 11.5 Å². The summed E-state index contributed by atoms with van der Waals surface area (Å²) in [5, 5.41) is 14.4. The van der Waals surface area contributed by atoms with Gasteiger partial charge in [0.25, 0.3) is 11.6 Å². The van der Waals surface area contributed by atoms with Gasteiger partial charge in [-0.05, 0) is 49.4 Å². The lowest BCUT2D eigenvalue weighted by atomic mass is 9.87. The molecule has 0 saturated carbocycles. The van der Waals surface area contributed by atoms with E-state index in [2.05, 4.69) is 5.32 Å². The van der Waals surface area contributed by atoms with Crippen molar-refractivity contribution in [3.05, 3.63) is 57.1 Å². The Morgan fingerprint density at radius 2 is 2.11 bits per heavy atom. The molecule has 0 aliphatic heterocycles. The molecule has 1 amide bonds. The van der Waals surface area contributed by atoms with E-state index in [0.29, 0.717) is 12.3 Å². The van der Waals surface area contributed by atoms with Gasteiger partial charge in [0.1, 0.15) is 5.56 Å². The van der Waals surface area contributed by atoms with Gasteiger partial charge in [0.15, 0.2) is 11.5 Å². The summed E-state index contributed by atoms with van der Waals surface area (Å²) in [6, 6.07) is 7.97. The number of nitrogen functional groups attached to an aromatic ring is 1. The highest BCUT2D eigenvalue weighted by molar-refractivity contribution is 5.99. The van der Waals surface area contributed by atoms with Crippen molar-refractivity contribution < 1.29 is 19.2 Å². The first-order valence-electron chi connectivity index (χ1n) is 9.13. The fourth-order valence-electron chi connectivity index (χ4n) is 3.53. The number of carbonyl (C=O) groups excluding carboxylic acids is 1. The molecule has 0 bridgehead atoms. The van der Waals surface area contributed by atoms with Crippen LogP contribution < -0.4 is 20.5 Å². The molecule has 1 aliphatic rings. The van der Waals surface area contributed by atoms with Gasteiger partial charge >= 0.3 is 0 Å². The highest BCUT2D eigenvalue weighted by atomic mass is 16.6. The largest absolute Gasteiger partial charge is 0.493 e. The number of methoxy groups -OCH3 is 1. The van der Waals surface area contributed by atoms with Crippen molar-refractivity contribution >= 4 is 17.3 Å². The van der Waals surface area contributed by atoms with Crippen LogP contribution >= 0.6 is 0 Å². The summed E-state index contributed by atoms with van der Waals surface area (Å²) in [7, 11) is 1.39. The first-order chi connectivity index (χ1) is 13.4. The standard InChI is InChI=1S/C20H23N3O5/c1-3-28-19-10-15(17(23(25)26)11-18(19)27-2)20(24)22-16-6-4-5-12-9-13(21)7-8-14(12)16/h7-11,16H,3-6,21H2,1-2H3,(H,22,24). The SMILES string of the molecule is CCOc1cc(C(=O)NC2CCCc3cc(N)ccc32)c([N+](=O)[O-])cc1OC. The maximum absolute atomic E-state index is 12.9. The molecule has 3 rings (SSSR count). The first kappa shape index (κ1) is 19.5. The third-order valence-electron chi connectivity index (χ3n) is 4.81. The molecule has 0 aromatic heterocycles. The number of benzene rings is 2. The van der Waals surface area contributed by atoms with E-state index in [9.17, 15) is 14.9 Å². The average molecular weight is 385 g/mol. The topological polar surface area (TPSA) is 117 Å². The van der Waals surface area contributed by atoms with E-state index in [-0.39, 0.29) is 28.8 Å². The summed E-state index contributed by atoms with van der Waals surface area (Å²) >= 11 is 0. The van der Waals surface area contributed by atoms with Crippen LogP contribution in [0.2, 0.25) is 0 Å². The number of ether oxygens (including phenoxy) is 2. The van der Waals surface area contributed by atoms with Crippen LogP contribution in [-0.2, 0) is 6.42 Å². The summed E-state index contributed by atoms with van der Waals surface area (Å²) < 4.78 is 10.6. The molecule has 28 heavy (non-hydrogen) atoms. The number of amides is 1. The maximum Gasteiger partial charge on any atom is 0.286 e. The number of nitrogens with one attached hydrogen (secondary N) is 1. The lowest BCUT2D eigenvalue weighted by molar-refractivity contribution is -0.385. The molecule has 1 aliphatic carbocycles. The molecule has 0 spiro atoms. The number of hydrogen-bond donors (Lipinski definition) is 2. The van der Waals surface area contributed by atoms with Crippen molar-refractivity contribution in [1.29, 1.82) is 0 Å². The van der Waals surface area contributed by atoms with Crippen LogP contribution in [0.1, 0.15) is 47.3 Å². The Kier molecular flexibility index (Phi) is 5.67. The molecule has 0 saturated heterocycles. The number of nitro groups is 1. The monoisotopic (exact) mass is 385 g/mol. The summed E-state index contributed by atoms with van der Waals surface area (Å²) in [6.45, 7) is 2.12. The van der Waals surface area contributed by atoms with Gasteiger partial charge in [0.05, 0.1) is 30.7 Å². The van der Waals surface area contributed by atoms with Gasteiger partial charge < -0.3 is 20.5 Å². The van der Waals surface area contributed by atoms with Crippen molar-refractivity contribution in [1.82, 2.24) is 5.32 Å². The minimum atomic E-state index is -0.595. The Labute approximate surface area is 162 Å². The zero-order chi connectivity index (χ0) is 20.3. The second-order valence-electron chi connectivity index (χ2n) is 6.59. The number of nitro benzene ring substituents is 1. The lowest BCUT2D eigenvalue weighted by Crippen LogP contribution is -2.31. The summed E-state index contributed by atoms with van der Waals surface area (Å²) in [5.74, 6) is -0.0221. The molecular weight excluding hydrogens is 362 g/mol. The van der Waals surface area contributed by atoms with Crippen LogP contribution in [-0.4, -0.2) is 24.5 Å². The first-order valence-corrected chi connectivity index (χ1v) is 9.13. The van der Waals surface area contributed by atoms with E-state index in [0.717, 1.165) is 30.4 Å². The molecule has 0 radical (unpaired) electrons. The average Bonchev–Trinajstić information content (AvgIpc) is 2.67. The predicted molar refractivity (Wildman–Crippen MR) is 105 cm³/mol. The van der Waals surface area contributed by atoms with Crippen molar-refractivity contribution in [2.45, 2.75) is 32.2 Å². The maximum atomic E-state index is 12.9. The van der Waals surface area contributed by atoms with Crippen LogP contribution in [0, 0.1) is 10.1 Å². The van der Waals surface area contributed by atoms with Crippen LogP contribution in [0.25, 0.3) is 0 Å². The van der Waals surface area contributed by atoms with Gasteiger partial charge in [0.2, 0.25) is 0 Å². The molecule has 0 heterocycles. The van der Waals surface area contributed by atoms with Gasteiger partial charge in [-0.3, -0.25) is 14.9 Å². The number of nitrogens with zero attached hydrogens (tertiary/aromatic N) is 1. The smallest absolute Gasteiger partial charge is 0.286 e. The Hall–Kier alpha value is -3.29. The number of carbonyl (C=O) groups is 1. The zero-order valence-corrected chi connectivity index (χ0v) is 15.9. The minimum Gasteiger partial charge on any atom is -0.493 e. The highest BCUT2D eigenvalue weighted by Crippen LogP contribution is 2.36. The van der Waals surface area contributed by atoms with E-state index in [1.807, 2.05) is 12.1 Å². The van der Waals surface area contributed by atoms with Gasteiger partial charge in [-0.25, -0.2) is 0 Å². The number of nitrogens with two attached hydrogens (primary N) is 1. The van der Waals surface area contributed by atoms with E-state index < -0.39 is 10.8 Å². The van der Waals surface area contributed by atoms with Gasteiger partial charge in [-0.15, -0.1) is 0 Å². The third-order valence-corrected chi connectivity index (χ3v) is 4.81. The Balaban J connectivity index is 1.94. The molecule has 148 valence electrons. The molecule has 1 atom stereocenters. The minimum absolute atomic E-state index is 0.0585. The van der Waals surface area contributed by atoms with E-state index >= 15 is 0 Å². The number of hydrogen-bond acceptors (Lipinski definition) is 6. The van der Waals surface area contributed by atoms with Crippen molar-refractivity contribution in [3.63, 3.8) is 0 Å². The third kappa shape index (κ3) is 3.85. The van der Waals surface area contributed by atoms with Crippen LogP contribution in [0.15, 0.2) is 30.3 Å². The number of anilines is 1. The predicted octanol–water partition coefficient (Wildman–Crippen LogP) is 3.39. The summed E-state index contributed by atoms with van der Waals surface area (Å²) in [5.41, 5.74) is 8.24. The van der Waals surface area contributed by atoms with Gasteiger partial charge in [-0.1, -0.05) is 6.07 Å². The zero-order valence-electron chi connectivity index (χ0n) is 15.9. The number of aryl methyl sites for hydroxylation is 1. The molecule has 2 aromatic carbocycles. The van der Waals surface area contributed by atoms with Crippen molar-refractivity contribution in [2.75, 3.05) is 19.5 Å². The van der Waals surface area contributed by atoms with Gasteiger partial charge in [-0.2, -0.15) is 0 Å². The van der Waals surface area contributed by atoms with Crippen LogP contribution in [0.3, 0.4) is 0 Å². The molecule has 0 fully saturated rings. The lowest BCUT2D eigenvalue weighted by Gasteiger charge is -2.26. The molecule has 1 unspecified atom stereocenters. The normalized spacial score (nSPS) is 15.4. The fourth-order valence-corrected chi connectivity index (χ4v) is 3.53. The Bertz CT molecular complexity index is 913. The summed E-state index contributed by atoms with van der Waals surface area (Å²) in [6.07, 6.45) is 2.55. The molecule has 8 nitrogen and oxygen atoms in total. The second-order valence-corrected chi connectivity index (χ2v) is 6.59. The second kappa shape index (κ2) is 8.16. The van der Waals surface area contributed by atoms with E-state index in [1.165, 1.54) is 19.2 Å².